The molecule has 142 valence electrons. The summed E-state index contributed by atoms with van der Waals surface area (Å²) in [5.74, 6) is -0.535. The highest BCUT2D eigenvalue weighted by molar-refractivity contribution is 5.90. The molecular weight excluding hydrogens is 346 g/mol. The second-order valence-electron chi connectivity index (χ2n) is 6.89. The van der Waals surface area contributed by atoms with Crippen LogP contribution in [0.15, 0.2) is 27.4 Å². The maximum Gasteiger partial charge on any atom is 0.355 e. The van der Waals surface area contributed by atoms with Crippen molar-refractivity contribution in [1.82, 2.24) is 4.98 Å². The summed E-state index contributed by atoms with van der Waals surface area (Å²) in [6.45, 7) is 8.99. The number of esters is 1. The summed E-state index contributed by atoms with van der Waals surface area (Å²) >= 11 is 0. The van der Waals surface area contributed by atoms with Gasteiger partial charge in [-0.1, -0.05) is 12.1 Å². The number of benzene rings is 1. The number of ether oxygens (including phenoxy) is 1. The average Bonchev–Trinajstić information content (AvgIpc) is 2.90. The normalized spacial score (nSPS) is 12.4. The van der Waals surface area contributed by atoms with Crippen LogP contribution < -0.4 is 5.63 Å². The van der Waals surface area contributed by atoms with Crippen LogP contribution in [0, 0.1) is 27.7 Å². The zero-order valence-electron chi connectivity index (χ0n) is 16.1. The Labute approximate surface area is 156 Å². The van der Waals surface area contributed by atoms with E-state index in [4.69, 9.17) is 9.15 Å². The number of carbonyl (C=O) groups is 1. The van der Waals surface area contributed by atoms with E-state index >= 15 is 0 Å². The Balaban J connectivity index is 1.92. The summed E-state index contributed by atoms with van der Waals surface area (Å²) in [5, 5.41) is 10.6. The van der Waals surface area contributed by atoms with Gasteiger partial charge in [-0.25, -0.2) is 9.59 Å². The number of hydrogen-bond donors (Lipinski definition) is 2. The molecule has 1 atom stereocenters. The smallest absolute Gasteiger partial charge is 0.355 e. The molecule has 0 aliphatic rings. The fraction of sp³-hybridized carbons (Fsp3) is 0.333. The molecule has 0 amide bonds. The summed E-state index contributed by atoms with van der Waals surface area (Å²) in [7, 11) is 0. The van der Waals surface area contributed by atoms with Gasteiger partial charge in [-0.2, -0.15) is 0 Å². The highest BCUT2D eigenvalue weighted by Gasteiger charge is 2.21. The Bertz CT molecular complexity index is 1090. The molecule has 0 aliphatic carbocycles. The van der Waals surface area contributed by atoms with Crippen LogP contribution in [0.4, 0.5) is 0 Å². The summed E-state index contributed by atoms with van der Waals surface area (Å²) in [4.78, 5) is 27.4. The van der Waals surface area contributed by atoms with Crippen molar-refractivity contribution in [3.8, 4) is 0 Å². The molecule has 27 heavy (non-hydrogen) atoms. The molecule has 0 unspecified atom stereocenters. The highest BCUT2D eigenvalue weighted by Crippen LogP contribution is 2.26. The van der Waals surface area contributed by atoms with Gasteiger partial charge in [0.25, 0.3) is 0 Å². The molecule has 0 fully saturated rings. The number of rotatable bonds is 4. The molecule has 3 rings (SSSR count). The van der Waals surface area contributed by atoms with Crippen LogP contribution in [-0.4, -0.2) is 16.1 Å². The second kappa shape index (κ2) is 7.04. The minimum atomic E-state index is -0.684. The van der Waals surface area contributed by atoms with Gasteiger partial charge in [0.15, 0.2) is 0 Å². The van der Waals surface area contributed by atoms with Gasteiger partial charge in [-0.05, 0) is 51.3 Å². The Morgan fingerprint density at radius 3 is 2.56 bits per heavy atom. The zero-order chi connectivity index (χ0) is 19.9. The lowest BCUT2D eigenvalue weighted by Crippen LogP contribution is -2.10. The quantitative estimate of drug-likeness (QED) is 0.539. The van der Waals surface area contributed by atoms with Crippen LogP contribution in [0.25, 0.3) is 11.0 Å². The number of aromatic amines is 1. The minimum Gasteiger partial charge on any atom is -0.456 e. The number of fused-ring (bicyclic) bond motifs is 1. The number of aryl methyl sites for hydroxylation is 3. The molecule has 6 heteroatoms. The molecule has 3 aromatic rings. The van der Waals surface area contributed by atoms with Gasteiger partial charge in [-0.3, -0.25) is 0 Å². The van der Waals surface area contributed by atoms with Crippen molar-refractivity contribution in [2.24, 2.45) is 0 Å². The van der Waals surface area contributed by atoms with Crippen LogP contribution in [0.1, 0.15) is 57.0 Å². The third-order valence-corrected chi connectivity index (χ3v) is 4.99. The van der Waals surface area contributed by atoms with E-state index in [0.717, 1.165) is 22.2 Å². The number of aliphatic hydroxyl groups excluding tert-OH is 1. The lowest BCUT2D eigenvalue weighted by molar-refractivity contribution is 0.0466. The first-order valence-electron chi connectivity index (χ1n) is 8.78. The standard InChI is InChI=1S/C21H23NO5/c1-10-6-7-16-15(8-17(24)27-20(16)11(10)2)9-26-21(25)19-12(3)18(14(5)23)13(4)22-19/h6-8,14,22-23H,9H2,1-5H3/t14-/m1/s1. The van der Waals surface area contributed by atoms with Crippen molar-refractivity contribution in [3.63, 3.8) is 0 Å². The second-order valence-corrected chi connectivity index (χ2v) is 6.89. The fourth-order valence-corrected chi connectivity index (χ4v) is 3.45. The maximum absolute atomic E-state index is 12.5. The van der Waals surface area contributed by atoms with Crippen molar-refractivity contribution in [1.29, 1.82) is 0 Å². The van der Waals surface area contributed by atoms with Gasteiger partial charge < -0.3 is 19.2 Å². The van der Waals surface area contributed by atoms with Crippen LogP contribution in [0.2, 0.25) is 0 Å². The van der Waals surface area contributed by atoms with Crippen molar-refractivity contribution in [2.75, 3.05) is 0 Å². The molecule has 0 spiro atoms. The van der Waals surface area contributed by atoms with Crippen molar-refractivity contribution in [3.05, 3.63) is 67.8 Å². The molecule has 0 saturated carbocycles. The molecule has 0 aliphatic heterocycles. The topological polar surface area (TPSA) is 92.5 Å². The number of aliphatic hydroxyl groups is 1. The Morgan fingerprint density at radius 1 is 1.22 bits per heavy atom. The fourth-order valence-electron chi connectivity index (χ4n) is 3.45. The molecule has 0 bridgehead atoms. The van der Waals surface area contributed by atoms with E-state index in [2.05, 4.69) is 4.98 Å². The van der Waals surface area contributed by atoms with Gasteiger partial charge in [0.1, 0.15) is 17.9 Å². The van der Waals surface area contributed by atoms with Gasteiger partial charge in [0, 0.05) is 28.3 Å². The van der Waals surface area contributed by atoms with E-state index in [1.807, 2.05) is 26.0 Å². The van der Waals surface area contributed by atoms with Gasteiger partial charge >= 0.3 is 11.6 Å². The molecule has 2 N–H and O–H groups in total. The monoisotopic (exact) mass is 369 g/mol. The van der Waals surface area contributed by atoms with E-state index in [9.17, 15) is 14.7 Å². The molecule has 0 radical (unpaired) electrons. The molecular formula is C21H23NO5. The zero-order valence-corrected chi connectivity index (χ0v) is 16.1. The minimum absolute atomic E-state index is 0.0506. The van der Waals surface area contributed by atoms with Crippen LogP contribution in [0.3, 0.4) is 0 Å². The largest absolute Gasteiger partial charge is 0.456 e. The van der Waals surface area contributed by atoms with Gasteiger partial charge in [-0.15, -0.1) is 0 Å². The first-order valence-corrected chi connectivity index (χ1v) is 8.78. The van der Waals surface area contributed by atoms with E-state index in [1.165, 1.54) is 6.07 Å². The molecule has 2 aromatic heterocycles. The van der Waals surface area contributed by atoms with E-state index in [-0.39, 0.29) is 6.61 Å². The summed E-state index contributed by atoms with van der Waals surface area (Å²) in [6.07, 6.45) is -0.684. The third kappa shape index (κ3) is 3.40. The lowest BCUT2D eigenvalue weighted by atomic mass is 10.0. The van der Waals surface area contributed by atoms with Crippen LogP contribution in [-0.2, 0) is 11.3 Å². The van der Waals surface area contributed by atoms with E-state index in [0.29, 0.717) is 28.0 Å². The highest BCUT2D eigenvalue weighted by atomic mass is 16.5. The van der Waals surface area contributed by atoms with Gasteiger partial charge in [0.2, 0.25) is 0 Å². The predicted octanol–water partition coefficient (Wildman–Crippen LogP) is 3.77. The molecule has 6 nitrogen and oxygen atoms in total. The summed E-state index contributed by atoms with van der Waals surface area (Å²) in [6, 6.07) is 5.15. The van der Waals surface area contributed by atoms with Crippen molar-refractivity contribution in [2.45, 2.75) is 47.3 Å². The molecule has 1 aromatic carbocycles. The average molecular weight is 369 g/mol. The number of hydrogen-bond acceptors (Lipinski definition) is 5. The SMILES string of the molecule is Cc1ccc2c(COC(=O)c3[nH]c(C)c([C@@H](C)O)c3C)cc(=O)oc2c1C. The van der Waals surface area contributed by atoms with Crippen molar-refractivity contribution >= 4 is 16.9 Å². The Hall–Kier alpha value is -2.86. The Kier molecular flexibility index (Phi) is 4.93. The van der Waals surface area contributed by atoms with E-state index < -0.39 is 17.7 Å². The number of H-pyrrole nitrogens is 1. The molecule has 2 heterocycles. The summed E-state index contributed by atoms with van der Waals surface area (Å²) < 4.78 is 10.8. The lowest BCUT2D eigenvalue weighted by Gasteiger charge is -2.10. The van der Waals surface area contributed by atoms with Crippen molar-refractivity contribution < 1.29 is 19.1 Å². The third-order valence-electron chi connectivity index (χ3n) is 4.99. The predicted molar refractivity (Wildman–Crippen MR) is 102 cm³/mol. The first-order chi connectivity index (χ1) is 12.7. The maximum atomic E-state index is 12.5. The number of carbonyl (C=O) groups excluding carboxylic acids is 1. The Morgan fingerprint density at radius 2 is 1.93 bits per heavy atom. The van der Waals surface area contributed by atoms with Gasteiger partial charge in [0.05, 0.1) is 6.10 Å². The van der Waals surface area contributed by atoms with Crippen LogP contribution >= 0.6 is 0 Å². The number of aromatic nitrogens is 1. The number of nitrogens with one attached hydrogen (secondary N) is 1. The molecule has 0 saturated heterocycles. The summed E-state index contributed by atoms with van der Waals surface area (Å²) in [5.41, 5.74) is 4.92. The van der Waals surface area contributed by atoms with E-state index in [1.54, 1.807) is 20.8 Å². The van der Waals surface area contributed by atoms with Crippen LogP contribution in [0.5, 0.6) is 0 Å². The first kappa shape index (κ1) is 18.9.